The van der Waals surface area contributed by atoms with Gasteiger partial charge in [0.25, 0.3) is 5.91 Å². The number of carbonyl (C=O) groups is 1. The molecule has 2 fully saturated rings. The first-order valence-corrected chi connectivity index (χ1v) is 12.0. The molecular weight excluding hydrogens is 422 g/mol. The maximum Gasteiger partial charge on any atom is 0.254 e. The molecule has 1 N–H and O–H groups in total. The normalized spacial score (nSPS) is 24.2. The van der Waals surface area contributed by atoms with E-state index in [9.17, 15) is 10.1 Å². The van der Waals surface area contributed by atoms with Gasteiger partial charge in [-0.2, -0.15) is 5.26 Å². The van der Waals surface area contributed by atoms with Gasteiger partial charge < -0.3 is 15.0 Å². The van der Waals surface area contributed by atoms with Crippen LogP contribution in [0.15, 0.2) is 36.4 Å². The van der Waals surface area contributed by atoms with Gasteiger partial charge in [-0.1, -0.05) is 39.5 Å². The van der Waals surface area contributed by atoms with E-state index in [1.807, 2.05) is 42.2 Å². The Morgan fingerprint density at radius 2 is 1.82 bits per heavy atom. The lowest BCUT2D eigenvalue weighted by molar-refractivity contribution is -0.199. The number of benzene rings is 2. The summed E-state index contributed by atoms with van der Waals surface area (Å²) in [5.41, 5.74) is 3.92. The van der Waals surface area contributed by atoms with Gasteiger partial charge >= 0.3 is 0 Å². The second kappa shape index (κ2) is 7.90. The summed E-state index contributed by atoms with van der Waals surface area (Å²) >= 11 is 0. The molecule has 2 aliphatic heterocycles. The third-order valence-corrected chi connectivity index (χ3v) is 7.78. The Hall–Kier alpha value is -3.28. The lowest BCUT2D eigenvalue weighted by Crippen LogP contribution is -2.74. The van der Waals surface area contributed by atoms with E-state index in [0.717, 1.165) is 41.1 Å². The molecule has 2 aromatic rings. The van der Waals surface area contributed by atoms with Crippen LogP contribution in [-0.4, -0.2) is 36.0 Å². The lowest BCUT2D eigenvalue weighted by atomic mass is 9.49. The molecule has 5 rings (SSSR count). The van der Waals surface area contributed by atoms with Crippen molar-refractivity contribution >= 4 is 5.91 Å². The zero-order valence-electron chi connectivity index (χ0n) is 20.5. The number of nitrogens with one attached hydrogen (secondary N) is 1. The smallest absolute Gasteiger partial charge is 0.254 e. The zero-order chi connectivity index (χ0) is 24.3. The monoisotopic (exact) mass is 453 g/mol. The van der Waals surface area contributed by atoms with E-state index in [0.29, 0.717) is 18.0 Å². The van der Waals surface area contributed by atoms with Crippen LogP contribution in [0.2, 0.25) is 0 Å². The first-order chi connectivity index (χ1) is 16.1. The summed E-state index contributed by atoms with van der Waals surface area (Å²) in [5, 5.41) is 12.5. The molecule has 0 bridgehead atoms. The van der Waals surface area contributed by atoms with E-state index in [-0.39, 0.29) is 28.9 Å². The maximum atomic E-state index is 13.4. The molecule has 0 spiro atoms. The van der Waals surface area contributed by atoms with Crippen molar-refractivity contribution in [1.82, 2.24) is 10.2 Å². The molecule has 2 heterocycles. The third-order valence-electron chi connectivity index (χ3n) is 7.78. The van der Waals surface area contributed by atoms with Gasteiger partial charge in [0.1, 0.15) is 11.9 Å². The van der Waals surface area contributed by atoms with Gasteiger partial charge in [0.2, 0.25) is 0 Å². The van der Waals surface area contributed by atoms with Crippen molar-refractivity contribution in [3.8, 4) is 23.7 Å². The van der Waals surface area contributed by atoms with Gasteiger partial charge in [0.15, 0.2) is 0 Å². The average molecular weight is 454 g/mol. The summed E-state index contributed by atoms with van der Waals surface area (Å²) in [6.45, 7) is 13.2. The van der Waals surface area contributed by atoms with Crippen molar-refractivity contribution in [2.24, 2.45) is 16.7 Å². The topological polar surface area (TPSA) is 65.4 Å². The Bertz CT molecular complexity index is 1250. The average Bonchev–Trinajstić information content (AvgIpc) is 3.05. The predicted octanol–water partition coefficient (Wildman–Crippen LogP) is 4.28. The summed E-state index contributed by atoms with van der Waals surface area (Å²) in [6.07, 6.45) is -0.0636. The van der Waals surface area contributed by atoms with Crippen molar-refractivity contribution in [2.75, 3.05) is 13.1 Å². The fourth-order valence-electron chi connectivity index (χ4n) is 6.39. The van der Waals surface area contributed by atoms with Crippen molar-refractivity contribution in [2.45, 2.75) is 53.3 Å². The molecule has 2 aromatic carbocycles. The molecule has 5 nitrogen and oxygen atoms in total. The third kappa shape index (κ3) is 3.47. The molecule has 34 heavy (non-hydrogen) atoms. The van der Waals surface area contributed by atoms with Gasteiger partial charge in [0, 0.05) is 53.6 Å². The first kappa shape index (κ1) is 22.5. The first-order valence-electron chi connectivity index (χ1n) is 12.0. The summed E-state index contributed by atoms with van der Waals surface area (Å²) < 4.78 is 6.48. The second-order valence-electron chi connectivity index (χ2n) is 11.1. The summed E-state index contributed by atoms with van der Waals surface area (Å²) in [4.78, 5) is 15.5. The molecular formula is C29H31N3O2. The Kier molecular flexibility index (Phi) is 5.23. The number of aryl methyl sites for hydroxylation is 1. The van der Waals surface area contributed by atoms with Crippen LogP contribution < -0.4 is 10.1 Å². The molecule has 1 aliphatic carbocycles. The van der Waals surface area contributed by atoms with Gasteiger partial charge in [0.05, 0.1) is 11.6 Å². The molecule has 174 valence electrons. The van der Waals surface area contributed by atoms with E-state index in [4.69, 9.17) is 4.74 Å². The minimum atomic E-state index is -0.233. The minimum absolute atomic E-state index is 0.0416. The number of rotatable bonds is 3. The molecule has 0 aromatic heterocycles. The second-order valence-corrected chi connectivity index (χ2v) is 11.1. The van der Waals surface area contributed by atoms with Gasteiger partial charge in [-0.25, -0.2) is 0 Å². The quantitative estimate of drug-likeness (QED) is 0.705. The van der Waals surface area contributed by atoms with E-state index < -0.39 is 0 Å². The van der Waals surface area contributed by atoms with E-state index in [1.54, 1.807) is 0 Å². The van der Waals surface area contributed by atoms with Crippen LogP contribution in [0.25, 0.3) is 0 Å². The van der Waals surface area contributed by atoms with E-state index in [1.165, 1.54) is 0 Å². The molecule has 0 radical (unpaired) electrons. The van der Waals surface area contributed by atoms with Gasteiger partial charge in [-0.3, -0.25) is 4.79 Å². The molecule has 1 saturated carbocycles. The number of ether oxygens (including phenoxy) is 1. The Labute approximate surface area is 202 Å². The van der Waals surface area contributed by atoms with Crippen molar-refractivity contribution in [1.29, 1.82) is 5.26 Å². The zero-order valence-corrected chi connectivity index (χ0v) is 20.5. The van der Waals surface area contributed by atoms with E-state index >= 15 is 0 Å². The molecule has 5 heteroatoms. The van der Waals surface area contributed by atoms with E-state index in [2.05, 4.69) is 57.0 Å². The maximum absolute atomic E-state index is 13.4. The SMILES string of the molecule is Cc1cc(O[C@H]2C(C)(C)[C@H](N3Cc4cc(C#CC5CNC5)ccc4C3=O)C2(C)C)ccc1C#N. The van der Waals surface area contributed by atoms with Crippen molar-refractivity contribution < 1.29 is 9.53 Å². The van der Waals surface area contributed by atoms with Crippen LogP contribution in [0.5, 0.6) is 5.75 Å². The predicted molar refractivity (Wildman–Crippen MR) is 131 cm³/mol. The number of amides is 1. The molecule has 1 amide bonds. The highest BCUT2D eigenvalue weighted by molar-refractivity contribution is 5.99. The number of nitriles is 1. The fraction of sp³-hybridized carbons (Fsp3) is 0.448. The highest BCUT2D eigenvalue weighted by Crippen LogP contribution is 2.59. The molecule has 3 aliphatic rings. The summed E-state index contributed by atoms with van der Waals surface area (Å²) in [7, 11) is 0. The van der Waals surface area contributed by atoms with Crippen LogP contribution in [0.4, 0.5) is 0 Å². The number of fused-ring (bicyclic) bond motifs is 1. The number of nitrogens with zero attached hydrogens (tertiary/aromatic N) is 2. The van der Waals surface area contributed by atoms with Crippen LogP contribution in [0, 0.1) is 46.8 Å². The van der Waals surface area contributed by atoms with Crippen LogP contribution in [-0.2, 0) is 6.54 Å². The number of hydrogen-bond acceptors (Lipinski definition) is 4. The Balaban J connectivity index is 1.36. The van der Waals surface area contributed by atoms with Gasteiger partial charge in [-0.15, -0.1) is 0 Å². The fourth-order valence-corrected chi connectivity index (χ4v) is 6.39. The largest absolute Gasteiger partial charge is 0.489 e. The van der Waals surface area contributed by atoms with Crippen molar-refractivity contribution in [3.05, 3.63) is 64.2 Å². The highest BCUT2D eigenvalue weighted by atomic mass is 16.5. The minimum Gasteiger partial charge on any atom is -0.489 e. The number of hydrogen-bond donors (Lipinski definition) is 1. The standard InChI is InChI=1S/C29H31N3O2/c1-18-12-23(10-9-21(18)14-30)34-27-28(2,3)26(29(27,4)5)32-17-22-13-19(6-7-20-15-31-16-20)8-11-24(22)25(32)33/h8-13,20,26-27,31H,15-17H2,1-5H3/t26-,27-. The lowest BCUT2D eigenvalue weighted by Gasteiger charge is -2.65. The Morgan fingerprint density at radius 1 is 1.09 bits per heavy atom. The Morgan fingerprint density at radius 3 is 2.44 bits per heavy atom. The molecule has 1 saturated heterocycles. The van der Waals surface area contributed by atoms with Crippen LogP contribution in [0.3, 0.4) is 0 Å². The van der Waals surface area contributed by atoms with Crippen LogP contribution >= 0.6 is 0 Å². The highest BCUT2D eigenvalue weighted by Gasteiger charge is 2.66. The molecule has 0 unspecified atom stereocenters. The summed E-state index contributed by atoms with van der Waals surface area (Å²) in [5.74, 6) is 7.89. The summed E-state index contributed by atoms with van der Waals surface area (Å²) in [6, 6.07) is 13.8. The van der Waals surface area contributed by atoms with Crippen molar-refractivity contribution in [3.63, 3.8) is 0 Å². The van der Waals surface area contributed by atoms with Gasteiger partial charge in [-0.05, 0) is 54.4 Å². The number of carbonyl (C=O) groups excluding carboxylic acids is 1. The molecule has 0 atom stereocenters. The van der Waals surface area contributed by atoms with Crippen LogP contribution in [0.1, 0.15) is 60.3 Å².